The number of rotatable bonds is 7. The van der Waals surface area contributed by atoms with Gasteiger partial charge in [0, 0.05) is 12.6 Å². The van der Waals surface area contributed by atoms with Gasteiger partial charge in [-0.25, -0.2) is 4.39 Å². The van der Waals surface area contributed by atoms with Crippen LogP contribution in [0.1, 0.15) is 11.6 Å². The molecule has 2 aromatic carbocycles. The molecule has 0 bridgehead atoms. The molecule has 0 amide bonds. The zero-order valence-electron chi connectivity index (χ0n) is 15.2. The molecule has 6 nitrogen and oxygen atoms in total. The van der Waals surface area contributed by atoms with E-state index in [1.54, 1.807) is 20.3 Å². The summed E-state index contributed by atoms with van der Waals surface area (Å²) in [6.07, 6.45) is 0. The van der Waals surface area contributed by atoms with Gasteiger partial charge in [0.05, 0.1) is 20.3 Å². The van der Waals surface area contributed by atoms with E-state index in [1.807, 2.05) is 32.3 Å². The van der Waals surface area contributed by atoms with Crippen LogP contribution in [0.3, 0.4) is 0 Å². The Morgan fingerprint density at radius 2 is 1.88 bits per heavy atom. The molecule has 0 fully saturated rings. The van der Waals surface area contributed by atoms with Gasteiger partial charge >= 0.3 is 0 Å². The van der Waals surface area contributed by atoms with Gasteiger partial charge in [-0.2, -0.15) is 4.98 Å². The average molecular weight is 359 g/mol. The van der Waals surface area contributed by atoms with Crippen molar-refractivity contribution in [2.24, 2.45) is 0 Å². The summed E-state index contributed by atoms with van der Waals surface area (Å²) in [4.78, 5) is 6.36. The predicted molar refractivity (Wildman–Crippen MR) is 98.4 cm³/mol. The van der Waals surface area contributed by atoms with E-state index in [-0.39, 0.29) is 11.9 Å². The molecule has 1 aromatic heterocycles. The van der Waals surface area contributed by atoms with Crippen molar-refractivity contribution in [1.29, 1.82) is 0 Å². The standard InChI is InChI=1S/C19H22FN3O3/c1-23(2)15(12-5-7-17(24-3)18(9-12)25-4)11-21-19-22-14-10-13(20)6-8-16(14)26-19/h5-10,15H,11H2,1-4H3,(H,21,22). The Morgan fingerprint density at radius 1 is 1.12 bits per heavy atom. The molecule has 0 aliphatic carbocycles. The van der Waals surface area contributed by atoms with Crippen molar-refractivity contribution in [2.45, 2.75) is 6.04 Å². The molecule has 1 atom stereocenters. The van der Waals surface area contributed by atoms with Crippen LogP contribution >= 0.6 is 0 Å². The second-order valence-electron chi connectivity index (χ2n) is 6.11. The second kappa shape index (κ2) is 7.61. The molecule has 138 valence electrons. The zero-order valence-corrected chi connectivity index (χ0v) is 15.2. The first-order valence-corrected chi connectivity index (χ1v) is 8.20. The summed E-state index contributed by atoms with van der Waals surface area (Å²) < 4.78 is 29.6. The van der Waals surface area contributed by atoms with Crippen molar-refractivity contribution in [1.82, 2.24) is 9.88 Å². The lowest BCUT2D eigenvalue weighted by molar-refractivity contribution is 0.307. The van der Waals surface area contributed by atoms with E-state index in [2.05, 4.69) is 15.2 Å². The molecule has 0 saturated carbocycles. The number of fused-ring (bicyclic) bond motifs is 1. The summed E-state index contributed by atoms with van der Waals surface area (Å²) in [6, 6.07) is 10.5. The molecule has 7 heteroatoms. The second-order valence-corrected chi connectivity index (χ2v) is 6.11. The van der Waals surface area contributed by atoms with Gasteiger partial charge in [-0.15, -0.1) is 0 Å². The quantitative estimate of drug-likeness (QED) is 0.694. The molecule has 3 rings (SSSR count). The Balaban J connectivity index is 1.80. The van der Waals surface area contributed by atoms with Gasteiger partial charge in [0.25, 0.3) is 6.01 Å². The molecule has 0 aliphatic rings. The Hall–Kier alpha value is -2.80. The number of methoxy groups -OCH3 is 2. The molecular weight excluding hydrogens is 337 g/mol. The first kappa shape index (κ1) is 18.0. The highest BCUT2D eigenvalue weighted by atomic mass is 19.1. The van der Waals surface area contributed by atoms with Crippen molar-refractivity contribution >= 4 is 17.1 Å². The molecule has 0 aliphatic heterocycles. The summed E-state index contributed by atoms with van der Waals surface area (Å²) in [5.41, 5.74) is 2.09. The molecule has 1 N–H and O–H groups in total. The topological polar surface area (TPSA) is 59.8 Å². The van der Waals surface area contributed by atoms with Crippen LogP contribution in [0.15, 0.2) is 40.8 Å². The number of oxazole rings is 1. The lowest BCUT2D eigenvalue weighted by Gasteiger charge is -2.25. The van der Waals surface area contributed by atoms with Crippen LogP contribution in [0.5, 0.6) is 11.5 Å². The number of likely N-dealkylation sites (N-methyl/N-ethyl adjacent to an activating group) is 1. The number of benzene rings is 2. The predicted octanol–water partition coefficient (Wildman–Crippen LogP) is 3.70. The minimum Gasteiger partial charge on any atom is -0.493 e. The molecule has 0 radical (unpaired) electrons. The van der Waals surface area contributed by atoms with E-state index in [0.717, 1.165) is 5.56 Å². The van der Waals surface area contributed by atoms with Gasteiger partial charge in [0.1, 0.15) is 11.3 Å². The molecule has 3 aromatic rings. The maximum absolute atomic E-state index is 13.3. The number of halogens is 1. The third-order valence-electron chi connectivity index (χ3n) is 4.21. The van der Waals surface area contributed by atoms with Gasteiger partial charge in [0.2, 0.25) is 0 Å². The van der Waals surface area contributed by atoms with Crippen LogP contribution in [0.4, 0.5) is 10.4 Å². The van der Waals surface area contributed by atoms with E-state index >= 15 is 0 Å². The minimum absolute atomic E-state index is 0.0431. The Bertz CT molecular complexity index is 895. The maximum atomic E-state index is 13.3. The number of nitrogens with zero attached hydrogens (tertiary/aromatic N) is 2. The third kappa shape index (κ3) is 3.72. The molecule has 0 saturated heterocycles. The molecule has 0 spiro atoms. The highest BCUT2D eigenvalue weighted by molar-refractivity contribution is 5.74. The van der Waals surface area contributed by atoms with E-state index in [0.29, 0.717) is 35.2 Å². The Morgan fingerprint density at radius 3 is 2.58 bits per heavy atom. The van der Waals surface area contributed by atoms with Crippen molar-refractivity contribution in [3.05, 3.63) is 47.8 Å². The average Bonchev–Trinajstić information content (AvgIpc) is 3.03. The first-order chi connectivity index (χ1) is 12.5. The zero-order chi connectivity index (χ0) is 18.7. The molecule has 1 unspecified atom stereocenters. The van der Waals surface area contributed by atoms with Gasteiger partial charge in [0.15, 0.2) is 17.1 Å². The van der Waals surface area contributed by atoms with Crippen molar-refractivity contribution in [2.75, 3.05) is 40.2 Å². The van der Waals surface area contributed by atoms with Crippen LogP contribution < -0.4 is 14.8 Å². The van der Waals surface area contributed by atoms with Gasteiger partial charge in [-0.05, 0) is 43.9 Å². The smallest absolute Gasteiger partial charge is 0.295 e. The molecular formula is C19H22FN3O3. The number of aromatic nitrogens is 1. The van der Waals surface area contributed by atoms with Gasteiger partial charge in [-0.3, -0.25) is 0 Å². The number of nitrogens with one attached hydrogen (secondary N) is 1. The van der Waals surface area contributed by atoms with Crippen LogP contribution in [0.2, 0.25) is 0 Å². The highest BCUT2D eigenvalue weighted by Gasteiger charge is 2.18. The monoisotopic (exact) mass is 359 g/mol. The normalized spacial score (nSPS) is 12.4. The van der Waals surface area contributed by atoms with E-state index in [9.17, 15) is 4.39 Å². The van der Waals surface area contributed by atoms with Crippen molar-refractivity contribution in [3.63, 3.8) is 0 Å². The van der Waals surface area contributed by atoms with E-state index in [1.165, 1.54) is 12.1 Å². The lowest BCUT2D eigenvalue weighted by atomic mass is 10.1. The summed E-state index contributed by atoms with van der Waals surface area (Å²) >= 11 is 0. The maximum Gasteiger partial charge on any atom is 0.295 e. The van der Waals surface area contributed by atoms with E-state index in [4.69, 9.17) is 13.9 Å². The molecule has 26 heavy (non-hydrogen) atoms. The lowest BCUT2D eigenvalue weighted by Crippen LogP contribution is -2.27. The van der Waals surface area contributed by atoms with Gasteiger partial charge in [-0.1, -0.05) is 6.07 Å². The first-order valence-electron chi connectivity index (χ1n) is 8.20. The SMILES string of the molecule is COc1ccc(C(CNc2nc3cc(F)ccc3o2)N(C)C)cc1OC. The highest BCUT2D eigenvalue weighted by Crippen LogP contribution is 2.31. The summed E-state index contributed by atoms with van der Waals surface area (Å²) in [5.74, 6) is 1.02. The van der Waals surface area contributed by atoms with Crippen molar-refractivity contribution < 1.29 is 18.3 Å². The van der Waals surface area contributed by atoms with Crippen LogP contribution in [0, 0.1) is 5.82 Å². The largest absolute Gasteiger partial charge is 0.493 e. The van der Waals surface area contributed by atoms with Crippen molar-refractivity contribution in [3.8, 4) is 11.5 Å². The summed E-state index contributed by atoms with van der Waals surface area (Å²) in [5, 5.41) is 3.19. The fraction of sp³-hybridized carbons (Fsp3) is 0.316. The fourth-order valence-electron chi connectivity index (χ4n) is 2.82. The Kier molecular flexibility index (Phi) is 5.27. The fourth-order valence-corrected chi connectivity index (χ4v) is 2.82. The summed E-state index contributed by atoms with van der Waals surface area (Å²) in [7, 11) is 7.20. The Labute approximate surface area is 151 Å². The molecule has 1 heterocycles. The third-order valence-corrected chi connectivity index (χ3v) is 4.21. The number of ether oxygens (including phenoxy) is 2. The summed E-state index contributed by atoms with van der Waals surface area (Å²) in [6.45, 7) is 0.553. The number of hydrogen-bond donors (Lipinski definition) is 1. The van der Waals surface area contributed by atoms with E-state index < -0.39 is 0 Å². The van der Waals surface area contributed by atoms with Crippen LogP contribution in [-0.2, 0) is 0 Å². The van der Waals surface area contributed by atoms with Crippen LogP contribution in [-0.4, -0.2) is 44.7 Å². The van der Waals surface area contributed by atoms with Crippen LogP contribution in [0.25, 0.3) is 11.1 Å². The number of hydrogen-bond acceptors (Lipinski definition) is 6. The van der Waals surface area contributed by atoms with Gasteiger partial charge < -0.3 is 24.1 Å². The number of anilines is 1. The minimum atomic E-state index is -0.339.